The lowest BCUT2D eigenvalue weighted by molar-refractivity contribution is -0.0356. The average molecular weight is 447 g/mol. The van der Waals surface area contributed by atoms with E-state index in [0.29, 0.717) is 12.2 Å². The Morgan fingerprint density at radius 3 is 2.76 bits per heavy atom. The lowest BCUT2D eigenvalue weighted by Gasteiger charge is -2.42. The molecule has 2 aromatic carbocycles. The Labute approximate surface area is 193 Å². The van der Waals surface area contributed by atoms with Crippen molar-refractivity contribution in [2.45, 2.75) is 50.8 Å². The van der Waals surface area contributed by atoms with Crippen LogP contribution in [0.5, 0.6) is 5.75 Å². The highest BCUT2D eigenvalue weighted by Gasteiger charge is 2.40. The van der Waals surface area contributed by atoms with Crippen molar-refractivity contribution in [3.63, 3.8) is 0 Å². The van der Waals surface area contributed by atoms with Crippen LogP contribution in [0, 0.1) is 12.8 Å². The molecule has 0 radical (unpaired) electrons. The molecule has 1 aromatic heterocycles. The molecule has 1 saturated carbocycles. The lowest BCUT2D eigenvalue weighted by Crippen LogP contribution is -2.42. The number of piperidine rings is 1. The molecule has 3 atom stereocenters. The molecule has 172 valence electrons. The molecule has 1 unspecified atom stereocenters. The van der Waals surface area contributed by atoms with E-state index in [1.54, 1.807) is 12.1 Å². The van der Waals surface area contributed by atoms with E-state index < -0.39 is 5.97 Å². The summed E-state index contributed by atoms with van der Waals surface area (Å²) in [6.07, 6.45) is 6.74. The number of likely N-dealkylation sites (tertiary alicyclic amines) is 1. The summed E-state index contributed by atoms with van der Waals surface area (Å²) in [5.74, 6) is 0.837. The maximum Gasteiger partial charge on any atom is 0.335 e. The molecular weight excluding hydrogens is 416 g/mol. The summed E-state index contributed by atoms with van der Waals surface area (Å²) in [6, 6.07) is 12.0. The van der Waals surface area contributed by atoms with Crippen molar-refractivity contribution < 1.29 is 19.4 Å². The summed E-state index contributed by atoms with van der Waals surface area (Å²) in [4.78, 5) is 17.3. The first kappa shape index (κ1) is 20.8. The van der Waals surface area contributed by atoms with Crippen LogP contribution in [0.4, 0.5) is 0 Å². The van der Waals surface area contributed by atoms with Crippen molar-refractivity contribution in [3.05, 3.63) is 64.8 Å². The third-order valence-electron chi connectivity index (χ3n) is 7.58. The zero-order valence-electron chi connectivity index (χ0n) is 18.9. The maximum absolute atomic E-state index is 11.4. The highest BCUT2D eigenvalue weighted by atomic mass is 16.5. The monoisotopic (exact) mass is 446 g/mol. The van der Waals surface area contributed by atoms with Gasteiger partial charge in [0.05, 0.1) is 17.7 Å². The number of aromatic nitrogens is 1. The van der Waals surface area contributed by atoms with Crippen LogP contribution in [-0.2, 0) is 4.74 Å². The fourth-order valence-corrected chi connectivity index (χ4v) is 5.58. The van der Waals surface area contributed by atoms with Gasteiger partial charge >= 0.3 is 5.97 Å². The van der Waals surface area contributed by atoms with E-state index in [2.05, 4.69) is 28.9 Å². The summed E-state index contributed by atoms with van der Waals surface area (Å²) in [5.41, 5.74) is 5.10. The van der Waals surface area contributed by atoms with Gasteiger partial charge in [-0.15, -0.1) is 0 Å². The number of aryl methyl sites for hydroxylation is 1. The second-order valence-electron chi connectivity index (χ2n) is 9.80. The number of nitrogens with one attached hydrogen (secondary N) is 1. The predicted octanol–water partition coefficient (Wildman–Crippen LogP) is 5.24. The van der Waals surface area contributed by atoms with Gasteiger partial charge < -0.3 is 19.6 Å². The summed E-state index contributed by atoms with van der Waals surface area (Å²) < 4.78 is 12.5. The van der Waals surface area contributed by atoms with Crippen LogP contribution < -0.4 is 4.74 Å². The molecule has 3 aromatic rings. The number of fused-ring (bicyclic) bond motifs is 3. The van der Waals surface area contributed by atoms with Gasteiger partial charge in [-0.05, 0) is 73.9 Å². The lowest BCUT2D eigenvalue weighted by atomic mass is 9.89. The average Bonchev–Trinajstić information content (AvgIpc) is 3.35. The zero-order chi connectivity index (χ0) is 22.5. The van der Waals surface area contributed by atoms with Crippen LogP contribution >= 0.6 is 0 Å². The SMILES string of the molecule is Cc1cc2c(c3cc[nH]c13)C(N1CC[C@H](OCC3CC3)C[C@H]1c1ccc(C(=O)O)cc1)CO2. The Morgan fingerprint density at radius 1 is 1.18 bits per heavy atom. The van der Waals surface area contributed by atoms with Gasteiger partial charge in [-0.25, -0.2) is 4.79 Å². The Bertz CT molecular complexity index is 1180. The number of nitrogens with zero attached hydrogens (tertiary/aromatic N) is 1. The van der Waals surface area contributed by atoms with Gasteiger partial charge in [-0.3, -0.25) is 4.90 Å². The van der Waals surface area contributed by atoms with Gasteiger partial charge in [-0.1, -0.05) is 12.1 Å². The highest BCUT2D eigenvalue weighted by molar-refractivity contribution is 5.89. The number of rotatable bonds is 6. The van der Waals surface area contributed by atoms with Crippen molar-refractivity contribution >= 4 is 16.9 Å². The van der Waals surface area contributed by atoms with E-state index in [9.17, 15) is 9.90 Å². The van der Waals surface area contributed by atoms with Gasteiger partial charge in [-0.2, -0.15) is 0 Å². The Morgan fingerprint density at radius 2 is 2.00 bits per heavy atom. The van der Waals surface area contributed by atoms with Crippen molar-refractivity contribution in [2.75, 3.05) is 19.8 Å². The highest BCUT2D eigenvalue weighted by Crippen LogP contribution is 2.47. The summed E-state index contributed by atoms with van der Waals surface area (Å²) in [5, 5.41) is 10.6. The number of carboxylic acids is 1. The molecule has 1 saturated heterocycles. The quantitative estimate of drug-likeness (QED) is 0.542. The van der Waals surface area contributed by atoms with Crippen LogP contribution in [-0.4, -0.2) is 46.8 Å². The fourth-order valence-electron chi connectivity index (χ4n) is 5.58. The fraction of sp³-hybridized carbons (Fsp3) is 0.444. The minimum atomic E-state index is -0.893. The molecule has 33 heavy (non-hydrogen) atoms. The van der Waals surface area contributed by atoms with E-state index in [0.717, 1.165) is 43.2 Å². The first-order chi connectivity index (χ1) is 16.1. The third-order valence-corrected chi connectivity index (χ3v) is 7.58. The van der Waals surface area contributed by atoms with Gasteiger partial charge in [0.15, 0.2) is 0 Å². The number of hydrogen-bond acceptors (Lipinski definition) is 4. The van der Waals surface area contributed by atoms with Crippen molar-refractivity contribution in [2.24, 2.45) is 5.92 Å². The first-order valence-electron chi connectivity index (χ1n) is 12.0. The Balaban J connectivity index is 1.34. The smallest absolute Gasteiger partial charge is 0.335 e. The Kier molecular flexibility index (Phi) is 5.15. The first-order valence-corrected chi connectivity index (χ1v) is 12.0. The molecule has 2 fully saturated rings. The van der Waals surface area contributed by atoms with Crippen molar-refractivity contribution in [1.82, 2.24) is 9.88 Å². The van der Waals surface area contributed by atoms with E-state index in [4.69, 9.17) is 9.47 Å². The second-order valence-corrected chi connectivity index (χ2v) is 9.80. The second kappa shape index (κ2) is 8.19. The number of aromatic carboxylic acids is 1. The predicted molar refractivity (Wildman–Crippen MR) is 126 cm³/mol. The van der Waals surface area contributed by atoms with Crippen molar-refractivity contribution in [1.29, 1.82) is 0 Å². The maximum atomic E-state index is 11.4. The molecule has 6 rings (SSSR count). The number of benzene rings is 2. The van der Waals surface area contributed by atoms with Gasteiger partial charge in [0.2, 0.25) is 0 Å². The minimum Gasteiger partial charge on any atom is -0.491 e. The molecule has 0 bridgehead atoms. The summed E-state index contributed by atoms with van der Waals surface area (Å²) >= 11 is 0. The van der Waals surface area contributed by atoms with E-state index in [-0.39, 0.29) is 18.2 Å². The molecule has 3 aliphatic rings. The summed E-state index contributed by atoms with van der Waals surface area (Å²) in [6.45, 7) is 4.55. The minimum absolute atomic E-state index is 0.153. The molecule has 6 heteroatoms. The molecule has 6 nitrogen and oxygen atoms in total. The number of ether oxygens (including phenoxy) is 2. The summed E-state index contributed by atoms with van der Waals surface area (Å²) in [7, 11) is 0. The molecule has 3 heterocycles. The number of carbonyl (C=O) groups is 1. The van der Waals surface area contributed by atoms with Crippen LogP contribution in [0.1, 0.15) is 64.8 Å². The van der Waals surface area contributed by atoms with Gasteiger partial charge in [0.1, 0.15) is 12.4 Å². The topological polar surface area (TPSA) is 74.8 Å². The zero-order valence-corrected chi connectivity index (χ0v) is 18.9. The largest absolute Gasteiger partial charge is 0.491 e. The van der Waals surface area contributed by atoms with Gasteiger partial charge in [0, 0.05) is 41.9 Å². The molecule has 1 aliphatic carbocycles. The van der Waals surface area contributed by atoms with Crippen LogP contribution in [0.15, 0.2) is 42.6 Å². The molecule has 0 amide bonds. The van der Waals surface area contributed by atoms with E-state index >= 15 is 0 Å². The van der Waals surface area contributed by atoms with Crippen LogP contribution in [0.25, 0.3) is 10.9 Å². The third kappa shape index (κ3) is 3.81. The normalized spacial score (nSPS) is 25.2. The number of aromatic amines is 1. The van der Waals surface area contributed by atoms with Crippen LogP contribution in [0.2, 0.25) is 0 Å². The molecule has 2 aliphatic heterocycles. The Hall–Kier alpha value is -2.83. The van der Waals surface area contributed by atoms with Crippen molar-refractivity contribution in [3.8, 4) is 5.75 Å². The van der Waals surface area contributed by atoms with E-state index in [1.807, 2.05) is 18.3 Å². The molecule has 2 N–H and O–H groups in total. The van der Waals surface area contributed by atoms with Crippen LogP contribution in [0.3, 0.4) is 0 Å². The number of hydrogen-bond donors (Lipinski definition) is 2. The number of carboxylic acid groups (broad SMARTS) is 1. The van der Waals surface area contributed by atoms with Gasteiger partial charge in [0.25, 0.3) is 0 Å². The number of H-pyrrole nitrogens is 1. The molecular formula is C27H30N2O4. The molecule has 0 spiro atoms. The van der Waals surface area contributed by atoms with E-state index in [1.165, 1.54) is 34.9 Å². The standard InChI is InChI=1S/C27H30N2O4/c1-16-12-24-25(21-8-10-28-26(16)21)23(15-33-24)29-11-9-20(32-14-17-2-3-17)13-22(29)18-4-6-19(7-5-18)27(30)31/h4-8,10,12,17,20,22-23,28H,2-3,9,11,13-15H2,1H3,(H,30,31)/t20-,22-,23?/m0/s1.